The Kier molecular flexibility index (Phi) is 3.14. The van der Waals surface area contributed by atoms with Gasteiger partial charge in [0.2, 0.25) is 5.95 Å². The number of hydrogen-bond donors (Lipinski definition) is 1. The molecule has 0 unspecified atom stereocenters. The van der Waals surface area contributed by atoms with Crippen LogP contribution in [0.25, 0.3) is 0 Å². The minimum atomic E-state index is -0.478. The van der Waals surface area contributed by atoms with Crippen molar-refractivity contribution in [2.45, 2.75) is 20.0 Å². The molecule has 4 nitrogen and oxygen atoms in total. The highest BCUT2D eigenvalue weighted by Crippen LogP contribution is 2.06. The zero-order chi connectivity index (χ0) is 11.4. The molecule has 0 aliphatic heterocycles. The van der Waals surface area contributed by atoms with Gasteiger partial charge in [0.05, 0.1) is 12.2 Å². The predicted molar refractivity (Wildman–Crippen MR) is 59.4 cm³/mol. The molecule has 0 aromatic carbocycles. The average molecular weight is 220 g/mol. The molecule has 0 fully saturated rings. The summed E-state index contributed by atoms with van der Waals surface area (Å²) >= 11 is 0. The lowest BCUT2D eigenvalue weighted by Gasteiger charge is -2.07. The van der Waals surface area contributed by atoms with E-state index in [4.69, 9.17) is 0 Å². The van der Waals surface area contributed by atoms with Crippen molar-refractivity contribution in [1.29, 1.82) is 0 Å². The fourth-order valence-corrected chi connectivity index (χ4v) is 1.48. The third-order valence-corrected chi connectivity index (χ3v) is 2.27. The molecule has 2 aromatic heterocycles. The molecule has 0 aliphatic carbocycles. The minimum Gasteiger partial charge on any atom is -0.364 e. The molecule has 0 saturated heterocycles. The van der Waals surface area contributed by atoms with Gasteiger partial charge in [0.1, 0.15) is 5.82 Å². The Labute approximate surface area is 93.1 Å². The van der Waals surface area contributed by atoms with Gasteiger partial charge in [-0.2, -0.15) is 9.49 Å². The molecule has 0 radical (unpaired) electrons. The van der Waals surface area contributed by atoms with Gasteiger partial charge in [-0.3, -0.25) is 4.68 Å². The zero-order valence-electron chi connectivity index (χ0n) is 9.02. The highest BCUT2D eigenvalue weighted by Gasteiger charge is 2.01. The van der Waals surface area contributed by atoms with Crippen LogP contribution >= 0.6 is 0 Å². The molecule has 1 N–H and O–H groups in total. The Morgan fingerprint density at radius 1 is 1.38 bits per heavy atom. The number of hydrogen-bond acceptors (Lipinski definition) is 3. The summed E-state index contributed by atoms with van der Waals surface area (Å²) < 4.78 is 14.7. The second-order valence-corrected chi connectivity index (χ2v) is 3.34. The van der Waals surface area contributed by atoms with E-state index in [0.717, 1.165) is 12.2 Å². The molecular formula is C11H13FN4. The van der Waals surface area contributed by atoms with Gasteiger partial charge < -0.3 is 5.32 Å². The van der Waals surface area contributed by atoms with Crippen LogP contribution in [0.5, 0.6) is 0 Å². The van der Waals surface area contributed by atoms with Crippen molar-refractivity contribution in [2.24, 2.45) is 0 Å². The fourth-order valence-electron chi connectivity index (χ4n) is 1.48. The van der Waals surface area contributed by atoms with Crippen LogP contribution in [-0.4, -0.2) is 14.8 Å². The highest BCUT2D eigenvalue weighted by atomic mass is 19.1. The summed E-state index contributed by atoms with van der Waals surface area (Å²) in [5.74, 6) is 0.0536. The van der Waals surface area contributed by atoms with Crippen molar-refractivity contribution < 1.29 is 4.39 Å². The molecule has 2 heterocycles. The van der Waals surface area contributed by atoms with E-state index in [1.807, 2.05) is 17.7 Å². The zero-order valence-corrected chi connectivity index (χ0v) is 9.02. The van der Waals surface area contributed by atoms with E-state index in [2.05, 4.69) is 15.4 Å². The molecular weight excluding hydrogens is 207 g/mol. The lowest BCUT2D eigenvalue weighted by atomic mass is 10.4. The molecule has 2 rings (SSSR count). The topological polar surface area (TPSA) is 42.7 Å². The standard InChI is InChI=1S/C11H13FN4/c1-2-16-9(6-7-14-16)8-13-11-5-3-4-10(12)15-11/h3-7H,2,8H2,1H3,(H,13,15). The van der Waals surface area contributed by atoms with Gasteiger partial charge in [-0.15, -0.1) is 0 Å². The van der Waals surface area contributed by atoms with Crippen molar-refractivity contribution in [2.75, 3.05) is 5.32 Å². The third kappa shape index (κ3) is 2.36. The molecule has 16 heavy (non-hydrogen) atoms. The van der Waals surface area contributed by atoms with Crippen LogP contribution in [-0.2, 0) is 13.1 Å². The number of aromatic nitrogens is 3. The summed E-state index contributed by atoms with van der Waals surface area (Å²) in [5.41, 5.74) is 1.05. The van der Waals surface area contributed by atoms with Crippen LogP contribution in [0.3, 0.4) is 0 Å². The van der Waals surface area contributed by atoms with E-state index in [9.17, 15) is 4.39 Å². The maximum atomic E-state index is 12.8. The van der Waals surface area contributed by atoms with Crippen molar-refractivity contribution in [3.8, 4) is 0 Å². The summed E-state index contributed by atoms with van der Waals surface area (Å²) in [7, 11) is 0. The van der Waals surface area contributed by atoms with Crippen LogP contribution in [0, 0.1) is 5.95 Å². The van der Waals surface area contributed by atoms with E-state index in [0.29, 0.717) is 12.4 Å². The van der Waals surface area contributed by atoms with Gasteiger partial charge in [0.25, 0.3) is 0 Å². The summed E-state index contributed by atoms with van der Waals surface area (Å²) in [6.45, 7) is 3.43. The van der Waals surface area contributed by atoms with E-state index >= 15 is 0 Å². The predicted octanol–water partition coefficient (Wildman–Crippen LogP) is 2.05. The second-order valence-electron chi connectivity index (χ2n) is 3.34. The quantitative estimate of drug-likeness (QED) is 0.802. The van der Waals surface area contributed by atoms with Gasteiger partial charge in [-0.25, -0.2) is 4.98 Å². The Morgan fingerprint density at radius 3 is 3.00 bits per heavy atom. The lowest BCUT2D eigenvalue weighted by molar-refractivity contribution is 0.584. The molecule has 2 aromatic rings. The van der Waals surface area contributed by atoms with Crippen molar-refractivity contribution in [3.63, 3.8) is 0 Å². The van der Waals surface area contributed by atoms with Gasteiger partial charge in [0.15, 0.2) is 0 Å². The van der Waals surface area contributed by atoms with Crippen LogP contribution < -0.4 is 5.32 Å². The summed E-state index contributed by atoms with van der Waals surface area (Å²) in [5, 5.41) is 7.20. The number of aryl methyl sites for hydroxylation is 1. The van der Waals surface area contributed by atoms with E-state index in [-0.39, 0.29) is 0 Å². The third-order valence-electron chi connectivity index (χ3n) is 2.27. The van der Waals surface area contributed by atoms with Gasteiger partial charge in [0, 0.05) is 12.7 Å². The average Bonchev–Trinajstić information content (AvgIpc) is 2.74. The lowest BCUT2D eigenvalue weighted by Crippen LogP contribution is -2.08. The molecule has 0 spiro atoms. The number of nitrogens with zero attached hydrogens (tertiary/aromatic N) is 3. The largest absolute Gasteiger partial charge is 0.364 e. The van der Waals surface area contributed by atoms with E-state index in [1.165, 1.54) is 6.07 Å². The molecule has 5 heteroatoms. The first-order valence-electron chi connectivity index (χ1n) is 5.16. The molecule has 0 saturated carbocycles. The summed E-state index contributed by atoms with van der Waals surface area (Å²) in [6, 6.07) is 6.61. The van der Waals surface area contributed by atoms with E-state index in [1.54, 1.807) is 18.3 Å². The first-order chi connectivity index (χ1) is 7.79. The number of pyridine rings is 1. The Morgan fingerprint density at radius 2 is 2.25 bits per heavy atom. The normalized spacial score (nSPS) is 10.4. The monoisotopic (exact) mass is 220 g/mol. The number of anilines is 1. The van der Waals surface area contributed by atoms with Crippen LogP contribution in [0.1, 0.15) is 12.6 Å². The number of halogens is 1. The molecule has 84 valence electrons. The molecule has 0 bridgehead atoms. The van der Waals surface area contributed by atoms with E-state index < -0.39 is 5.95 Å². The summed E-state index contributed by atoms with van der Waals surface area (Å²) in [6.07, 6.45) is 1.75. The maximum Gasteiger partial charge on any atom is 0.214 e. The number of rotatable bonds is 4. The van der Waals surface area contributed by atoms with Crippen LogP contribution in [0.15, 0.2) is 30.5 Å². The second kappa shape index (κ2) is 4.74. The van der Waals surface area contributed by atoms with Crippen LogP contribution in [0.2, 0.25) is 0 Å². The molecule has 0 aliphatic rings. The number of nitrogens with one attached hydrogen (secondary N) is 1. The summed E-state index contributed by atoms with van der Waals surface area (Å²) in [4.78, 5) is 3.72. The van der Waals surface area contributed by atoms with Crippen molar-refractivity contribution in [3.05, 3.63) is 42.1 Å². The first kappa shape index (κ1) is 10.6. The SMILES string of the molecule is CCn1nccc1CNc1cccc(F)n1. The fraction of sp³-hybridized carbons (Fsp3) is 0.273. The Bertz CT molecular complexity index is 467. The van der Waals surface area contributed by atoms with Crippen molar-refractivity contribution in [1.82, 2.24) is 14.8 Å². The molecule has 0 atom stereocenters. The van der Waals surface area contributed by atoms with Gasteiger partial charge in [-0.1, -0.05) is 6.07 Å². The Balaban J connectivity index is 2.02. The Hall–Kier alpha value is -1.91. The maximum absolute atomic E-state index is 12.8. The highest BCUT2D eigenvalue weighted by molar-refractivity contribution is 5.34. The first-order valence-corrected chi connectivity index (χ1v) is 5.16. The van der Waals surface area contributed by atoms with Crippen LogP contribution in [0.4, 0.5) is 10.2 Å². The minimum absolute atomic E-state index is 0.478. The van der Waals surface area contributed by atoms with Gasteiger partial charge in [-0.05, 0) is 25.1 Å². The molecule has 0 amide bonds. The smallest absolute Gasteiger partial charge is 0.214 e. The van der Waals surface area contributed by atoms with Gasteiger partial charge >= 0.3 is 0 Å². The van der Waals surface area contributed by atoms with Crippen molar-refractivity contribution >= 4 is 5.82 Å².